The Morgan fingerprint density at radius 3 is 2.54 bits per heavy atom. The molecular formula is C17H16N2O5. The summed E-state index contributed by atoms with van der Waals surface area (Å²) in [5.41, 5.74) is 3.08. The summed E-state index contributed by atoms with van der Waals surface area (Å²) >= 11 is 0. The summed E-state index contributed by atoms with van der Waals surface area (Å²) in [7, 11) is 1.58. The van der Waals surface area contributed by atoms with Gasteiger partial charge in [-0.1, -0.05) is 12.1 Å². The third-order valence-electron chi connectivity index (χ3n) is 2.99. The number of nitrogens with zero attached hydrogens (tertiary/aromatic N) is 1. The zero-order valence-corrected chi connectivity index (χ0v) is 12.9. The Morgan fingerprint density at radius 2 is 1.88 bits per heavy atom. The van der Waals surface area contributed by atoms with Crippen molar-refractivity contribution < 1.29 is 24.2 Å². The molecule has 0 fully saturated rings. The molecular weight excluding hydrogens is 312 g/mol. The highest BCUT2D eigenvalue weighted by atomic mass is 16.5. The van der Waals surface area contributed by atoms with E-state index in [1.165, 1.54) is 18.3 Å². The summed E-state index contributed by atoms with van der Waals surface area (Å²) < 4.78 is 10.2. The highest BCUT2D eigenvalue weighted by molar-refractivity contribution is 5.91. The Balaban J connectivity index is 1.85. The molecule has 0 heterocycles. The van der Waals surface area contributed by atoms with E-state index in [-0.39, 0.29) is 17.9 Å². The minimum atomic E-state index is -1.12. The van der Waals surface area contributed by atoms with Gasteiger partial charge in [0.1, 0.15) is 17.1 Å². The van der Waals surface area contributed by atoms with Crippen molar-refractivity contribution in [2.24, 2.45) is 5.10 Å². The summed E-state index contributed by atoms with van der Waals surface area (Å²) in [5, 5.41) is 12.8. The van der Waals surface area contributed by atoms with Gasteiger partial charge < -0.3 is 14.6 Å². The molecule has 2 rings (SSSR count). The number of amides is 1. The topological polar surface area (TPSA) is 97.2 Å². The standard InChI is InChI=1S/C17H16N2O5/c1-23-13-8-6-12(7-9-13)10-18-19-16(20)11-24-15-5-3-2-4-14(15)17(21)22/h2-10H,11H2,1H3,(H,19,20)(H,21,22). The van der Waals surface area contributed by atoms with Gasteiger partial charge in [-0.2, -0.15) is 5.10 Å². The largest absolute Gasteiger partial charge is 0.497 e. The number of carbonyl (C=O) groups is 2. The fourth-order valence-corrected chi connectivity index (χ4v) is 1.81. The van der Waals surface area contributed by atoms with Crippen LogP contribution in [0.2, 0.25) is 0 Å². The summed E-state index contributed by atoms with van der Waals surface area (Å²) in [4.78, 5) is 22.7. The molecule has 7 heteroatoms. The van der Waals surface area contributed by atoms with E-state index in [4.69, 9.17) is 14.6 Å². The Morgan fingerprint density at radius 1 is 1.17 bits per heavy atom. The first-order chi connectivity index (χ1) is 11.6. The zero-order chi connectivity index (χ0) is 17.4. The molecule has 0 unspecified atom stereocenters. The fourth-order valence-electron chi connectivity index (χ4n) is 1.81. The number of carbonyl (C=O) groups excluding carboxylic acids is 1. The van der Waals surface area contributed by atoms with Crippen LogP contribution in [0.15, 0.2) is 53.6 Å². The van der Waals surface area contributed by atoms with E-state index in [1.807, 2.05) is 0 Å². The first kappa shape index (κ1) is 17.0. The normalized spacial score (nSPS) is 10.4. The minimum absolute atomic E-state index is 0.00738. The van der Waals surface area contributed by atoms with Crippen LogP contribution in [-0.2, 0) is 4.79 Å². The Labute approximate surface area is 138 Å². The molecule has 2 aromatic rings. The molecule has 0 aliphatic carbocycles. The second-order valence-electron chi connectivity index (χ2n) is 4.66. The second-order valence-corrected chi connectivity index (χ2v) is 4.66. The van der Waals surface area contributed by atoms with E-state index in [1.54, 1.807) is 43.5 Å². The van der Waals surface area contributed by atoms with E-state index in [0.717, 1.165) is 11.3 Å². The van der Waals surface area contributed by atoms with Crippen LogP contribution in [0.4, 0.5) is 0 Å². The van der Waals surface area contributed by atoms with Gasteiger partial charge in [0.15, 0.2) is 6.61 Å². The molecule has 0 aliphatic heterocycles. The molecule has 1 amide bonds. The van der Waals surface area contributed by atoms with Crippen LogP contribution in [0.3, 0.4) is 0 Å². The predicted octanol–water partition coefficient (Wildman–Crippen LogP) is 1.92. The van der Waals surface area contributed by atoms with Crippen molar-refractivity contribution >= 4 is 18.1 Å². The van der Waals surface area contributed by atoms with Crippen molar-refractivity contribution in [1.29, 1.82) is 0 Å². The smallest absolute Gasteiger partial charge is 0.339 e. The average molecular weight is 328 g/mol. The van der Waals surface area contributed by atoms with Crippen LogP contribution in [-0.4, -0.2) is 36.9 Å². The molecule has 124 valence electrons. The molecule has 0 saturated carbocycles. The van der Waals surface area contributed by atoms with E-state index >= 15 is 0 Å². The van der Waals surface area contributed by atoms with E-state index in [9.17, 15) is 9.59 Å². The summed E-state index contributed by atoms with van der Waals surface area (Å²) in [6.07, 6.45) is 1.47. The summed E-state index contributed by atoms with van der Waals surface area (Å²) in [6, 6.07) is 13.2. The number of carboxylic acid groups (broad SMARTS) is 1. The Kier molecular flexibility index (Phi) is 5.90. The lowest BCUT2D eigenvalue weighted by atomic mass is 10.2. The molecule has 0 spiro atoms. The van der Waals surface area contributed by atoms with E-state index in [0.29, 0.717) is 0 Å². The third-order valence-corrected chi connectivity index (χ3v) is 2.99. The molecule has 0 aromatic heterocycles. The van der Waals surface area contributed by atoms with E-state index in [2.05, 4.69) is 10.5 Å². The number of para-hydroxylation sites is 1. The van der Waals surface area contributed by atoms with Crippen LogP contribution in [0.1, 0.15) is 15.9 Å². The predicted molar refractivity (Wildman–Crippen MR) is 87.6 cm³/mol. The monoisotopic (exact) mass is 328 g/mol. The zero-order valence-electron chi connectivity index (χ0n) is 12.9. The first-order valence-corrected chi connectivity index (χ1v) is 7.01. The number of hydrazone groups is 1. The number of hydrogen-bond acceptors (Lipinski definition) is 5. The number of aromatic carboxylic acids is 1. The Bertz CT molecular complexity index is 741. The van der Waals surface area contributed by atoms with E-state index < -0.39 is 11.9 Å². The Hall–Kier alpha value is -3.35. The quantitative estimate of drug-likeness (QED) is 0.598. The first-order valence-electron chi connectivity index (χ1n) is 7.01. The van der Waals surface area contributed by atoms with Gasteiger partial charge in [0, 0.05) is 0 Å². The molecule has 0 aliphatic rings. The number of nitrogens with one attached hydrogen (secondary N) is 1. The van der Waals surface area contributed by atoms with Crippen molar-refractivity contribution in [2.75, 3.05) is 13.7 Å². The number of ether oxygens (including phenoxy) is 2. The molecule has 0 saturated heterocycles. The number of hydrogen-bond donors (Lipinski definition) is 2. The van der Waals surface area contributed by atoms with Gasteiger partial charge in [-0.25, -0.2) is 10.2 Å². The molecule has 2 N–H and O–H groups in total. The number of benzene rings is 2. The molecule has 0 atom stereocenters. The van der Waals surface area contributed by atoms with Crippen LogP contribution >= 0.6 is 0 Å². The summed E-state index contributed by atoms with van der Waals surface area (Å²) in [5.74, 6) is -0.774. The lowest BCUT2D eigenvalue weighted by Gasteiger charge is -2.07. The molecule has 0 radical (unpaired) electrons. The average Bonchev–Trinajstić information content (AvgIpc) is 2.60. The van der Waals surface area contributed by atoms with Gasteiger partial charge in [0.25, 0.3) is 5.91 Å². The maximum absolute atomic E-state index is 11.7. The fraction of sp³-hybridized carbons (Fsp3) is 0.118. The third kappa shape index (κ3) is 4.84. The van der Waals surface area contributed by atoms with Crippen molar-refractivity contribution in [3.8, 4) is 11.5 Å². The van der Waals surface area contributed by atoms with Crippen LogP contribution in [0.5, 0.6) is 11.5 Å². The minimum Gasteiger partial charge on any atom is -0.497 e. The van der Waals surface area contributed by atoms with Gasteiger partial charge in [-0.3, -0.25) is 4.79 Å². The van der Waals surface area contributed by atoms with Crippen molar-refractivity contribution in [2.45, 2.75) is 0 Å². The van der Waals surface area contributed by atoms with Gasteiger partial charge in [-0.05, 0) is 42.0 Å². The van der Waals surface area contributed by atoms with Gasteiger partial charge in [-0.15, -0.1) is 0 Å². The maximum atomic E-state index is 11.7. The molecule has 7 nitrogen and oxygen atoms in total. The van der Waals surface area contributed by atoms with Crippen LogP contribution in [0, 0.1) is 0 Å². The molecule has 0 bridgehead atoms. The van der Waals surface area contributed by atoms with Gasteiger partial charge in [0.2, 0.25) is 0 Å². The maximum Gasteiger partial charge on any atom is 0.339 e. The van der Waals surface area contributed by atoms with Crippen molar-refractivity contribution in [1.82, 2.24) is 5.43 Å². The highest BCUT2D eigenvalue weighted by Gasteiger charge is 2.11. The van der Waals surface area contributed by atoms with Crippen LogP contribution in [0.25, 0.3) is 0 Å². The number of methoxy groups -OCH3 is 1. The van der Waals surface area contributed by atoms with Crippen molar-refractivity contribution in [3.05, 3.63) is 59.7 Å². The molecule has 24 heavy (non-hydrogen) atoms. The summed E-state index contributed by atoms with van der Waals surface area (Å²) in [6.45, 7) is -0.343. The lowest BCUT2D eigenvalue weighted by molar-refractivity contribution is -0.123. The van der Waals surface area contributed by atoms with Crippen LogP contribution < -0.4 is 14.9 Å². The lowest BCUT2D eigenvalue weighted by Crippen LogP contribution is -2.25. The van der Waals surface area contributed by atoms with Gasteiger partial charge >= 0.3 is 5.97 Å². The molecule has 2 aromatic carbocycles. The highest BCUT2D eigenvalue weighted by Crippen LogP contribution is 2.17. The second kappa shape index (κ2) is 8.33. The number of carboxylic acids is 1. The van der Waals surface area contributed by atoms with Crippen molar-refractivity contribution in [3.63, 3.8) is 0 Å². The number of rotatable bonds is 7. The SMILES string of the molecule is COc1ccc(C=NNC(=O)COc2ccccc2C(=O)O)cc1. The van der Waals surface area contributed by atoms with Gasteiger partial charge in [0.05, 0.1) is 13.3 Å².